The van der Waals surface area contributed by atoms with Gasteiger partial charge in [-0.2, -0.15) is 10.2 Å². The first-order valence-corrected chi connectivity index (χ1v) is 11.5. The van der Waals surface area contributed by atoms with Gasteiger partial charge in [0.25, 0.3) is 5.89 Å². The lowest BCUT2D eigenvalue weighted by atomic mass is 9.80. The van der Waals surface area contributed by atoms with E-state index in [-0.39, 0.29) is 43.4 Å². The molecular formula is C26H24N4O5. The maximum Gasteiger partial charge on any atom is 0.258 e. The number of benzene rings is 2. The van der Waals surface area contributed by atoms with Crippen LogP contribution in [0.15, 0.2) is 40.9 Å². The molecule has 1 aliphatic carbocycles. The van der Waals surface area contributed by atoms with E-state index < -0.39 is 5.41 Å². The van der Waals surface area contributed by atoms with E-state index in [1.165, 1.54) is 0 Å². The van der Waals surface area contributed by atoms with E-state index in [1.807, 2.05) is 32.0 Å². The van der Waals surface area contributed by atoms with Gasteiger partial charge in [-0.3, -0.25) is 14.5 Å². The molecule has 2 heterocycles. The number of carbonyl (C=O) groups excluding carboxylic acids is 2. The SMILES string of the molecule is CC(C)Oc1ccc(-c2nc(-c3cccc4c3CCC43CC(=O)N(CCO)C3=O)no2)cc1C#N. The summed E-state index contributed by atoms with van der Waals surface area (Å²) in [5.41, 5.74) is 2.54. The monoisotopic (exact) mass is 472 g/mol. The highest BCUT2D eigenvalue weighted by atomic mass is 16.5. The zero-order chi connectivity index (χ0) is 24.7. The third kappa shape index (κ3) is 3.67. The highest BCUT2D eigenvalue weighted by molar-refractivity contribution is 6.09. The molecule has 1 atom stereocenters. The molecule has 0 bridgehead atoms. The molecule has 9 nitrogen and oxygen atoms in total. The van der Waals surface area contributed by atoms with Gasteiger partial charge in [0.15, 0.2) is 0 Å². The molecule has 3 aromatic rings. The van der Waals surface area contributed by atoms with Gasteiger partial charge < -0.3 is 14.4 Å². The van der Waals surface area contributed by atoms with E-state index in [0.29, 0.717) is 35.5 Å². The Kier molecular flexibility index (Phi) is 5.61. The topological polar surface area (TPSA) is 130 Å². The van der Waals surface area contributed by atoms with Gasteiger partial charge in [0.1, 0.15) is 11.8 Å². The average Bonchev–Trinajstić information content (AvgIpc) is 3.53. The van der Waals surface area contributed by atoms with E-state index in [2.05, 4.69) is 16.2 Å². The number of ether oxygens (including phenoxy) is 1. The van der Waals surface area contributed by atoms with Crippen molar-refractivity contribution < 1.29 is 24.0 Å². The molecule has 1 fully saturated rings. The molecule has 5 rings (SSSR count). The second-order valence-electron chi connectivity index (χ2n) is 9.08. The van der Waals surface area contributed by atoms with Crippen molar-refractivity contribution in [3.8, 4) is 34.7 Å². The minimum atomic E-state index is -0.905. The quantitative estimate of drug-likeness (QED) is 0.542. The van der Waals surface area contributed by atoms with Crippen LogP contribution in [0.4, 0.5) is 0 Å². The summed E-state index contributed by atoms with van der Waals surface area (Å²) in [5, 5.41) is 23.0. The molecular weight excluding hydrogens is 448 g/mol. The largest absolute Gasteiger partial charge is 0.490 e. The molecule has 2 aliphatic rings. The summed E-state index contributed by atoms with van der Waals surface area (Å²) in [4.78, 5) is 31.4. The van der Waals surface area contributed by atoms with Crippen LogP contribution in [0.1, 0.15) is 43.4 Å². The third-order valence-corrected chi connectivity index (χ3v) is 6.60. The number of nitrogens with zero attached hydrogens (tertiary/aromatic N) is 4. The van der Waals surface area contributed by atoms with Gasteiger partial charge in [0.05, 0.1) is 30.2 Å². The minimum Gasteiger partial charge on any atom is -0.490 e. The van der Waals surface area contributed by atoms with E-state index >= 15 is 0 Å². The molecule has 2 amide bonds. The van der Waals surface area contributed by atoms with Gasteiger partial charge in [-0.25, -0.2) is 0 Å². The summed E-state index contributed by atoms with van der Waals surface area (Å²) in [6.07, 6.45) is 1.14. The first-order chi connectivity index (χ1) is 16.9. The van der Waals surface area contributed by atoms with Gasteiger partial charge in [-0.1, -0.05) is 23.4 Å². The Labute approximate surface area is 201 Å². The zero-order valence-electron chi connectivity index (χ0n) is 19.4. The summed E-state index contributed by atoms with van der Waals surface area (Å²) < 4.78 is 11.2. The fourth-order valence-corrected chi connectivity index (χ4v) is 5.08. The van der Waals surface area contributed by atoms with Crippen molar-refractivity contribution >= 4 is 11.8 Å². The van der Waals surface area contributed by atoms with Crippen molar-refractivity contribution in [3.63, 3.8) is 0 Å². The fourth-order valence-electron chi connectivity index (χ4n) is 5.08. The first kappa shape index (κ1) is 22.7. The molecule has 1 saturated heterocycles. The predicted molar refractivity (Wildman–Crippen MR) is 124 cm³/mol. The van der Waals surface area contributed by atoms with Crippen LogP contribution < -0.4 is 4.74 Å². The Morgan fingerprint density at radius 2 is 2.11 bits per heavy atom. The van der Waals surface area contributed by atoms with Gasteiger partial charge >= 0.3 is 0 Å². The summed E-state index contributed by atoms with van der Waals surface area (Å²) >= 11 is 0. The maximum absolute atomic E-state index is 13.2. The van der Waals surface area contributed by atoms with Crippen LogP contribution in [0.3, 0.4) is 0 Å². The second kappa shape index (κ2) is 8.64. The Morgan fingerprint density at radius 3 is 2.86 bits per heavy atom. The summed E-state index contributed by atoms with van der Waals surface area (Å²) in [5.74, 6) is 0.609. The molecule has 2 aromatic carbocycles. The minimum absolute atomic E-state index is 0.00826. The first-order valence-electron chi connectivity index (χ1n) is 11.5. The number of amides is 2. The Balaban J connectivity index is 1.49. The van der Waals surface area contributed by atoms with Crippen LogP contribution >= 0.6 is 0 Å². The lowest BCUT2D eigenvalue weighted by Gasteiger charge is -2.22. The maximum atomic E-state index is 13.2. The predicted octanol–water partition coefficient (Wildman–Crippen LogP) is 3.00. The molecule has 0 saturated carbocycles. The van der Waals surface area contributed by atoms with Crippen molar-refractivity contribution in [2.24, 2.45) is 0 Å². The van der Waals surface area contributed by atoms with E-state index in [9.17, 15) is 20.0 Å². The molecule has 1 unspecified atom stereocenters. The van der Waals surface area contributed by atoms with E-state index in [4.69, 9.17) is 9.26 Å². The second-order valence-corrected chi connectivity index (χ2v) is 9.08. The fraction of sp³-hybridized carbons (Fsp3) is 0.346. The Morgan fingerprint density at radius 1 is 1.29 bits per heavy atom. The molecule has 178 valence electrons. The van der Waals surface area contributed by atoms with E-state index in [1.54, 1.807) is 18.2 Å². The van der Waals surface area contributed by atoms with Gasteiger partial charge in [-0.05, 0) is 56.0 Å². The number of hydrogen-bond acceptors (Lipinski definition) is 8. The number of imide groups is 1. The number of β-amino-alcohol motifs (C(OH)–C–C–N with tert-alkyl or cyclic N) is 1. The summed E-state index contributed by atoms with van der Waals surface area (Å²) in [6, 6.07) is 12.8. The number of hydrogen-bond donors (Lipinski definition) is 1. The van der Waals surface area contributed by atoms with Gasteiger partial charge in [0.2, 0.25) is 17.6 Å². The summed E-state index contributed by atoms with van der Waals surface area (Å²) in [6.45, 7) is 3.53. The average molecular weight is 473 g/mol. The third-order valence-electron chi connectivity index (χ3n) is 6.60. The van der Waals surface area contributed by atoms with Crippen molar-refractivity contribution in [1.82, 2.24) is 15.0 Å². The highest BCUT2D eigenvalue weighted by Crippen LogP contribution is 2.49. The van der Waals surface area contributed by atoms with Crippen molar-refractivity contribution in [3.05, 3.63) is 53.1 Å². The Hall–Kier alpha value is -4.03. The summed E-state index contributed by atoms with van der Waals surface area (Å²) in [7, 11) is 0. The van der Waals surface area contributed by atoms with Crippen LogP contribution in [0.5, 0.6) is 5.75 Å². The molecule has 1 aromatic heterocycles. The Bertz CT molecular complexity index is 1370. The number of nitriles is 1. The number of fused-ring (bicyclic) bond motifs is 2. The number of aliphatic hydroxyl groups is 1. The van der Waals surface area contributed by atoms with E-state index in [0.717, 1.165) is 21.6 Å². The standard InChI is InChI=1S/C26H24N4O5/c1-15(2)34-21-7-6-16(12-17(21)14-27)24-28-23(29-35-24)19-4-3-5-20-18(19)8-9-26(20)13-22(32)30(10-11-31)25(26)33/h3-7,12,15,31H,8-11,13H2,1-2H3. The molecule has 1 aliphatic heterocycles. The van der Waals surface area contributed by atoms with Crippen molar-refractivity contribution in [2.75, 3.05) is 13.2 Å². The molecule has 0 radical (unpaired) electrons. The lowest BCUT2D eigenvalue weighted by molar-refractivity contribution is -0.140. The van der Waals surface area contributed by atoms with Crippen LogP contribution in [0, 0.1) is 11.3 Å². The highest BCUT2D eigenvalue weighted by Gasteiger charge is 2.55. The normalized spacial score (nSPS) is 19.0. The van der Waals surface area contributed by atoms with Gasteiger partial charge in [0, 0.05) is 17.5 Å². The van der Waals surface area contributed by atoms with Crippen molar-refractivity contribution in [1.29, 1.82) is 5.26 Å². The lowest BCUT2D eigenvalue weighted by Crippen LogP contribution is -2.38. The molecule has 35 heavy (non-hydrogen) atoms. The molecule has 9 heteroatoms. The molecule has 1 N–H and O–H groups in total. The smallest absolute Gasteiger partial charge is 0.258 e. The number of aromatic nitrogens is 2. The number of rotatable bonds is 6. The van der Waals surface area contributed by atoms with Crippen molar-refractivity contribution in [2.45, 2.75) is 44.6 Å². The zero-order valence-corrected chi connectivity index (χ0v) is 19.4. The van der Waals surface area contributed by atoms with Crippen LogP contribution in [-0.4, -0.2) is 51.2 Å². The number of likely N-dealkylation sites (tertiary alicyclic amines) is 1. The van der Waals surface area contributed by atoms with Crippen LogP contribution in [0.25, 0.3) is 22.8 Å². The van der Waals surface area contributed by atoms with Gasteiger partial charge in [-0.15, -0.1) is 0 Å². The van der Waals surface area contributed by atoms with Crippen LogP contribution in [-0.2, 0) is 21.4 Å². The number of carbonyl (C=O) groups is 2. The molecule has 1 spiro atoms. The number of aliphatic hydroxyl groups excluding tert-OH is 1. The van der Waals surface area contributed by atoms with Crippen LogP contribution in [0.2, 0.25) is 0 Å².